The molecule has 0 saturated heterocycles. The van der Waals surface area contributed by atoms with Crippen LogP contribution < -0.4 is 10.2 Å². The Labute approximate surface area is 170 Å². The van der Waals surface area contributed by atoms with E-state index in [4.69, 9.17) is 4.74 Å². The number of nitrogens with zero attached hydrogens (tertiary/aromatic N) is 1. The summed E-state index contributed by atoms with van der Waals surface area (Å²) in [5.41, 5.74) is 2.95. The molecule has 0 spiro atoms. The SMILES string of the molecule is CCOC(=O)C1=C(C)N(c2ccccc2)C(=O)CC1C(=O)Nc1ccc(C)cc1. The number of allylic oxidation sites excluding steroid dienone is 1. The monoisotopic (exact) mass is 392 g/mol. The molecule has 3 rings (SSSR count). The third-order valence-electron chi connectivity index (χ3n) is 4.85. The Bertz CT molecular complexity index is 949. The van der Waals surface area contributed by atoms with E-state index < -0.39 is 17.8 Å². The zero-order valence-electron chi connectivity index (χ0n) is 16.8. The van der Waals surface area contributed by atoms with E-state index in [9.17, 15) is 14.4 Å². The van der Waals surface area contributed by atoms with Crippen LogP contribution in [0.1, 0.15) is 25.8 Å². The lowest BCUT2D eigenvalue weighted by Crippen LogP contribution is -2.43. The Kier molecular flexibility index (Phi) is 6.12. The summed E-state index contributed by atoms with van der Waals surface area (Å²) in [4.78, 5) is 40.1. The van der Waals surface area contributed by atoms with Crippen molar-refractivity contribution in [3.8, 4) is 0 Å². The summed E-state index contributed by atoms with van der Waals surface area (Å²) in [6.45, 7) is 5.51. The highest BCUT2D eigenvalue weighted by atomic mass is 16.5. The van der Waals surface area contributed by atoms with Crippen LogP contribution in [0.25, 0.3) is 0 Å². The van der Waals surface area contributed by atoms with Crippen molar-refractivity contribution in [1.29, 1.82) is 0 Å². The van der Waals surface area contributed by atoms with Gasteiger partial charge < -0.3 is 10.1 Å². The fourth-order valence-corrected chi connectivity index (χ4v) is 3.43. The number of hydrogen-bond acceptors (Lipinski definition) is 4. The van der Waals surface area contributed by atoms with Crippen LogP contribution in [0.3, 0.4) is 0 Å². The second-order valence-corrected chi connectivity index (χ2v) is 6.90. The maximum Gasteiger partial charge on any atom is 0.336 e. The Morgan fingerprint density at radius 1 is 1.07 bits per heavy atom. The number of rotatable bonds is 5. The van der Waals surface area contributed by atoms with Crippen molar-refractivity contribution < 1.29 is 19.1 Å². The number of nitrogens with one attached hydrogen (secondary N) is 1. The summed E-state index contributed by atoms with van der Waals surface area (Å²) in [5, 5.41) is 2.81. The molecule has 150 valence electrons. The number of carbonyl (C=O) groups excluding carboxylic acids is 3. The van der Waals surface area contributed by atoms with Crippen LogP contribution in [-0.4, -0.2) is 24.4 Å². The predicted molar refractivity (Wildman–Crippen MR) is 111 cm³/mol. The first-order valence-electron chi connectivity index (χ1n) is 9.55. The fourth-order valence-electron chi connectivity index (χ4n) is 3.43. The van der Waals surface area contributed by atoms with Gasteiger partial charge in [-0.3, -0.25) is 14.5 Å². The van der Waals surface area contributed by atoms with Crippen molar-refractivity contribution >= 4 is 29.2 Å². The van der Waals surface area contributed by atoms with Crippen LogP contribution in [0.15, 0.2) is 65.9 Å². The Morgan fingerprint density at radius 3 is 2.34 bits per heavy atom. The predicted octanol–water partition coefficient (Wildman–Crippen LogP) is 3.82. The number of esters is 1. The van der Waals surface area contributed by atoms with E-state index in [0.29, 0.717) is 17.1 Å². The van der Waals surface area contributed by atoms with Crippen molar-refractivity contribution in [3.63, 3.8) is 0 Å². The first-order valence-corrected chi connectivity index (χ1v) is 9.55. The Morgan fingerprint density at radius 2 is 1.72 bits per heavy atom. The number of hydrogen-bond donors (Lipinski definition) is 1. The minimum absolute atomic E-state index is 0.113. The zero-order chi connectivity index (χ0) is 21.0. The van der Waals surface area contributed by atoms with E-state index in [1.807, 2.05) is 37.3 Å². The molecule has 0 radical (unpaired) electrons. The molecule has 2 aromatic rings. The highest BCUT2D eigenvalue weighted by molar-refractivity contribution is 6.10. The zero-order valence-corrected chi connectivity index (χ0v) is 16.8. The van der Waals surface area contributed by atoms with Gasteiger partial charge in [0, 0.05) is 23.5 Å². The minimum atomic E-state index is -0.914. The Hall–Kier alpha value is -3.41. The molecule has 2 amide bonds. The molecular weight excluding hydrogens is 368 g/mol. The minimum Gasteiger partial charge on any atom is -0.463 e. The molecule has 0 bridgehead atoms. The lowest BCUT2D eigenvalue weighted by Gasteiger charge is -2.33. The van der Waals surface area contributed by atoms with Gasteiger partial charge in [0.25, 0.3) is 0 Å². The largest absolute Gasteiger partial charge is 0.463 e. The molecule has 0 aromatic heterocycles. The van der Waals surface area contributed by atoms with Crippen molar-refractivity contribution in [2.75, 3.05) is 16.8 Å². The van der Waals surface area contributed by atoms with E-state index in [1.54, 1.807) is 38.1 Å². The van der Waals surface area contributed by atoms with Crippen LogP contribution in [0.2, 0.25) is 0 Å². The lowest BCUT2D eigenvalue weighted by atomic mass is 9.88. The summed E-state index contributed by atoms with van der Waals surface area (Å²) in [7, 11) is 0. The first kappa shape index (κ1) is 20.3. The molecule has 6 nitrogen and oxygen atoms in total. The smallest absolute Gasteiger partial charge is 0.336 e. The van der Waals surface area contributed by atoms with Crippen molar-refractivity contribution in [2.24, 2.45) is 5.92 Å². The summed E-state index contributed by atoms with van der Waals surface area (Å²) in [6, 6.07) is 16.4. The van der Waals surface area contributed by atoms with Gasteiger partial charge in [-0.25, -0.2) is 4.79 Å². The van der Waals surface area contributed by atoms with Gasteiger partial charge in [0.2, 0.25) is 11.8 Å². The first-order chi connectivity index (χ1) is 13.9. The van der Waals surface area contributed by atoms with Crippen LogP contribution >= 0.6 is 0 Å². The average Bonchev–Trinajstić information content (AvgIpc) is 2.70. The number of benzene rings is 2. The molecule has 1 N–H and O–H groups in total. The van der Waals surface area contributed by atoms with Gasteiger partial charge in [-0.2, -0.15) is 0 Å². The molecule has 1 unspecified atom stereocenters. The van der Waals surface area contributed by atoms with Crippen molar-refractivity contribution in [3.05, 3.63) is 71.4 Å². The number of amides is 2. The summed E-state index contributed by atoms with van der Waals surface area (Å²) >= 11 is 0. The second-order valence-electron chi connectivity index (χ2n) is 6.90. The molecule has 1 aliphatic rings. The maximum atomic E-state index is 13.0. The molecule has 1 aliphatic heterocycles. The number of para-hydroxylation sites is 1. The van der Waals surface area contributed by atoms with E-state index in [0.717, 1.165) is 5.56 Å². The Balaban J connectivity index is 1.98. The van der Waals surface area contributed by atoms with Gasteiger partial charge in [0.05, 0.1) is 18.1 Å². The highest BCUT2D eigenvalue weighted by Crippen LogP contribution is 2.34. The molecule has 1 heterocycles. The van der Waals surface area contributed by atoms with Gasteiger partial charge in [-0.15, -0.1) is 0 Å². The summed E-state index contributed by atoms with van der Waals surface area (Å²) in [6.07, 6.45) is -0.113. The van der Waals surface area contributed by atoms with Gasteiger partial charge in [-0.1, -0.05) is 35.9 Å². The number of ether oxygens (including phenoxy) is 1. The van der Waals surface area contributed by atoms with Gasteiger partial charge in [0.15, 0.2) is 0 Å². The normalized spacial score (nSPS) is 16.6. The van der Waals surface area contributed by atoms with Gasteiger partial charge in [-0.05, 0) is 45.0 Å². The third-order valence-corrected chi connectivity index (χ3v) is 4.85. The molecule has 6 heteroatoms. The van der Waals surface area contributed by atoms with Crippen LogP contribution in [0.5, 0.6) is 0 Å². The third kappa shape index (κ3) is 4.37. The number of anilines is 2. The molecule has 2 aromatic carbocycles. The molecular formula is C23H24N2O4. The van der Waals surface area contributed by atoms with Crippen LogP contribution in [-0.2, 0) is 19.1 Å². The standard InChI is InChI=1S/C23H24N2O4/c1-4-29-23(28)21-16(3)25(18-8-6-5-7-9-18)20(26)14-19(21)22(27)24-17-12-10-15(2)11-13-17/h5-13,19H,4,14H2,1-3H3,(H,24,27). The number of carbonyl (C=O) groups is 3. The van der Waals surface area contributed by atoms with Crippen LogP contribution in [0, 0.1) is 12.8 Å². The van der Waals surface area contributed by atoms with E-state index in [1.165, 1.54) is 4.90 Å². The topological polar surface area (TPSA) is 75.7 Å². The molecule has 0 aliphatic carbocycles. The average molecular weight is 392 g/mol. The molecule has 1 atom stereocenters. The second kappa shape index (κ2) is 8.73. The quantitative estimate of drug-likeness (QED) is 0.785. The van der Waals surface area contributed by atoms with Crippen molar-refractivity contribution in [2.45, 2.75) is 27.2 Å². The molecule has 29 heavy (non-hydrogen) atoms. The molecule has 0 fully saturated rings. The van der Waals surface area contributed by atoms with Crippen molar-refractivity contribution in [1.82, 2.24) is 0 Å². The van der Waals surface area contributed by atoms with E-state index in [2.05, 4.69) is 5.32 Å². The number of aryl methyl sites for hydroxylation is 1. The molecule has 0 saturated carbocycles. The van der Waals surface area contributed by atoms with E-state index in [-0.39, 0.29) is 24.5 Å². The van der Waals surface area contributed by atoms with Gasteiger partial charge >= 0.3 is 5.97 Å². The summed E-state index contributed by atoms with van der Waals surface area (Å²) < 4.78 is 5.20. The van der Waals surface area contributed by atoms with Crippen LogP contribution in [0.4, 0.5) is 11.4 Å². The lowest BCUT2D eigenvalue weighted by molar-refractivity contribution is -0.141. The van der Waals surface area contributed by atoms with E-state index >= 15 is 0 Å². The highest BCUT2D eigenvalue weighted by Gasteiger charge is 2.40. The maximum absolute atomic E-state index is 13.0. The fraction of sp³-hybridized carbons (Fsp3) is 0.261. The van der Waals surface area contributed by atoms with Gasteiger partial charge in [0.1, 0.15) is 0 Å². The summed E-state index contributed by atoms with van der Waals surface area (Å²) in [5.74, 6) is -2.14.